The number of amides is 1. The summed E-state index contributed by atoms with van der Waals surface area (Å²) in [5, 5.41) is 0. The minimum Gasteiger partial charge on any atom is -0.468 e. The van der Waals surface area contributed by atoms with Crippen molar-refractivity contribution in [2.24, 2.45) is 0 Å². The van der Waals surface area contributed by atoms with Gasteiger partial charge in [-0.25, -0.2) is 4.98 Å². The largest absolute Gasteiger partial charge is 0.468 e. The molecule has 1 saturated heterocycles. The molecule has 0 radical (unpaired) electrons. The average molecular weight is 394 g/mol. The summed E-state index contributed by atoms with van der Waals surface area (Å²) in [6, 6.07) is 13.5. The van der Waals surface area contributed by atoms with E-state index in [1.165, 1.54) is 12.7 Å². The minimum absolute atomic E-state index is 0.0546. The highest BCUT2D eigenvalue weighted by Gasteiger charge is 2.34. The summed E-state index contributed by atoms with van der Waals surface area (Å²) in [6.45, 7) is 3.62. The first-order valence-electron chi connectivity index (χ1n) is 9.98. The number of rotatable bonds is 4. The number of pyridine rings is 1. The summed E-state index contributed by atoms with van der Waals surface area (Å²) in [5.74, 6) is 0.712. The smallest absolute Gasteiger partial charge is 0.323 e. The van der Waals surface area contributed by atoms with E-state index in [1.54, 1.807) is 6.20 Å². The molecule has 0 bridgehead atoms. The Morgan fingerprint density at radius 3 is 2.45 bits per heavy atom. The van der Waals surface area contributed by atoms with Gasteiger partial charge in [0.2, 0.25) is 5.91 Å². The van der Waals surface area contributed by atoms with Gasteiger partial charge in [-0.15, -0.1) is 0 Å². The highest BCUT2D eigenvalue weighted by molar-refractivity contribution is 5.81. The van der Waals surface area contributed by atoms with E-state index in [2.05, 4.69) is 16.0 Å². The number of nitrogens with zero attached hydrogens (tertiary/aromatic N) is 4. The fourth-order valence-corrected chi connectivity index (χ4v) is 4.11. The van der Waals surface area contributed by atoms with E-state index in [9.17, 15) is 9.59 Å². The Kier molecular flexibility index (Phi) is 5.76. The maximum Gasteiger partial charge on any atom is 0.323 e. The van der Waals surface area contributed by atoms with Crippen molar-refractivity contribution in [3.8, 4) is 0 Å². The van der Waals surface area contributed by atoms with Gasteiger partial charge in [-0.3, -0.25) is 14.5 Å². The molecule has 0 saturated carbocycles. The van der Waals surface area contributed by atoms with Gasteiger partial charge in [0, 0.05) is 38.9 Å². The van der Waals surface area contributed by atoms with Crippen LogP contribution in [0.15, 0.2) is 48.7 Å². The van der Waals surface area contributed by atoms with E-state index in [1.807, 2.05) is 46.2 Å². The molecule has 2 aliphatic heterocycles. The van der Waals surface area contributed by atoms with Gasteiger partial charge in [-0.05, 0) is 29.7 Å². The van der Waals surface area contributed by atoms with E-state index in [0.29, 0.717) is 26.1 Å². The van der Waals surface area contributed by atoms with Gasteiger partial charge < -0.3 is 14.5 Å². The number of anilines is 1. The fraction of sp³-hybridized carbons (Fsp3) is 0.409. The van der Waals surface area contributed by atoms with E-state index >= 15 is 0 Å². The van der Waals surface area contributed by atoms with Crippen LogP contribution in [0.1, 0.15) is 11.1 Å². The highest BCUT2D eigenvalue weighted by atomic mass is 16.5. The zero-order valence-electron chi connectivity index (χ0n) is 16.7. The molecule has 0 unspecified atom stereocenters. The quantitative estimate of drug-likeness (QED) is 0.729. The number of carbonyl (C=O) groups excluding carboxylic acids is 2. The number of carbonyl (C=O) groups is 2. The molecule has 7 heteroatoms. The lowest BCUT2D eigenvalue weighted by atomic mass is 9.94. The van der Waals surface area contributed by atoms with Crippen molar-refractivity contribution < 1.29 is 14.3 Å². The maximum absolute atomic E-state index is 13.0. The number of fused-ring (bicyclic) bond motifs is 1. The molecule has 0 spiro atoms. The summed E-state index contributed by atoms with van der Waals surface area (Å²) in [6.07, 6.45) is 2.36. The van der Waals surface area contributed by atoms with Crippen LogP contribution >= 0.6 is 0 Å². The molecule has 1 amide bonds. The Morgan fingerprint density at radius 2 is 1.76 bits per heavy atom. The van der Waals surface area contributed by atoms with Crippen molar-refractivity contribution in [3.05, 3.63) is 59.8 Å². The molecule has 2 aliphatic rings. The number of benzene rings is 1. The van der Waals surface area contributed by atoms with Gasteiger partial charge in [-0.2, -0.15) is 0 Å². The monoisotopic (exact) mass is 394 g/mol. The highest BCUT2D eigenvalue weighted by Crippen LogP contribution is 2.24. The van der Waals surface area contributed by atoms with E-state index in [4.69, 9.17) is 4.74 Å². The number of methoxy groups -OCH3 is 1. The summed E-state index contributed by atoms with van der Waals surface area (Å²) >= 11 is 0. The van der Waals surface area contributed by atoms with Crippen molar-refractivity contribution in [3.63, 3.8) is 0 Å². The van der Waals surface area contributed by atoms with Gasteiger partial charge in [0.05, 0.1) is 13.7 Å². The maximum atomic E-state index is 13.0. The minimum atomic E-state index is -0.423. The third kappa shape index (κ3) is 4.24. The lowest BCUT2D eigenvalue weighted by Crippen LogP contribution is -2.54. The van der Waals surface area contributed by atoms with Crippen LogP contribution < -0.4 is 4.90 Å². The SMILES string of the molecule is COC(=O)[C@H]1Cc2ccccc2CN1CC(=O)N1CCN(c2ccccn2)CC1. The number of hydrogen-bond donors (Lipinski definition) is 0. The predicted octanol–water partition coefficient (Wildman–Crippen LogP) is 1.33. The normalized spacial score (nSPS) is 19.6. The molecule has 152 valence electrons. The Hall–Kier alpha value is -2.93. The first-order chi connectivity index (χ1) is 14.2. The van der Waals surface area contributed by atoms with Crippen molar-refractivity contribution in [1.29, 1.82) is 0 Å². The molecule has 7 nitrogen and oxygen atoms in total. The Bertz CT molecular complexity index is 865. The first-order valence-corrected chi connectivity index (χ1v) is 9.98. The Morgan fingerprint density at radius 1 is 1.03 bits per heavy atom. The second-order valence-electron chi connectivity index (χ2n) is 7.47. The fourth-order valence-electron chi connectivity index (χ4n) is 4.11. The van der Waals surface area contributed by atoms with Crippen LogP contribution in [0.2, 0.25) is 0 Å². The second kappa shape index (κ2) is 8.61. The molecule has 2 aromatic rings. The third-order valence-corrected chi connectivity index (χ3v) is 5.76. The zero-order chi connectivity index (χ0) is 20.2. The van der Waals surface area contributed by atoms with Crippen LogP contribution in [0.3, 0.4) is 0 Å². The molecule has 1 aromatic carbocycles. The topological polar surface area (TPSA) is 66.0 Å². The predicted molar refractivity (Wildman–Crippen MR) is 109 cm³/mol. The number of aromatic nitrogens is 1. The van der Waals surface area contributed by atoms with Crippen LogP contribution in [0.5, 0.6) is 0 Å². The van der Waals surface area contributed by atoms with Gasteiger partial charge >= 0.3 is 5.97 Å². The number of ether oxygens (including phenoxy) is 1. The van der Waals surface area contributed by atoms with Crippen molar-refractivity contribution >= 4 is 17.7 Å². The summed E-state index contributed by atoms with van der Waals surface area (Å²) < 4.78 is 5.01. The van der Waals surface area contributed by atoms with Gasteiger partial charge in [0.1, 0.15) is 11.9 Å². The van der Waals surface area contributed by atoms with Crippen LogP contribution in [0.25, 0.3) is 0 Å². The van der Waals surface area contributed by atoms with Gasteiger partial charge in [0.25, 0.3) is 0 Å². The molecule has 1 atom stereocenters. The first kappa shape index (κ1) is 19.4. The molecule has 1 fully saturated rings. The lowest BCUT2D eigenvalue weighted by Gasteiger charge is -2.38. The van der Waals surface area contributed by atoms with Crippen LogP contribution in [0, 0.1) is 0 Å². The molecular formula is C22H26N4O3. The van der Waals surface area contributed by atoms with Crippen LogP contribution in [-0.4, -0.2) is 72.5 Å². The van der Waals surface area contributed by atoms with E-state index < -0.39 is 6.04 Å². The third-order valence-electron chi connectivity index (χ3n) is 5.76. The molecule has 3 heterocycles. The van der Waals surface area contributed by atoms with Crippen molar-refractivity contribution in [2.75, 3.05) is 44.7 Å². The van der Waals surface area contributed by atoms with Gasteiger partial charge in [-0.1, -0.05) is 30.3 Å². The van der Waals surface area contributed by atoms with Gasteiger partial charge in [0.15, 0.2) is 0 Å². The van der Waals surface area contributed by atoms with E-state index in [0.717, 1.165) is 24.5 Å². The molecule has 1 aromatic heterocycles. The molecule has 4 rings (SSSR count). The zero-order valence-corrected chi connectivity index (χ0v) is 16.7. The number of esters is 1. The summed E-state index contributed by atoms with van der Waals surface area (Å²) in [5.41, 5.74) is 2.32. The Labute approximate surface area is 170 Å². The summed E-state index contributed by atoms with van der Waals surface area (Å²) in [7, 11) is 1.40. The molecule has 0 N–H and O–H groups in total. The Balaban J connectivity index is 1.40. The number of hydrogen-bond acceptors (Lipinski definition) is 6. The summed E-state index contributed by atoms with van der Waals surface area (Å²) in [4.78, 5) is 35.7. The van der Waals surface area contributed by atoms with Crippen molar-refractivity contribution in [1.82, 2.24) is 14.8 Å². The van der Waals surface area contributed by atoms with Crippen LogP contribution in [0.4, 0.5) is 5.82 Å². The number of piperazine rings is 1. The lowest BCUT2D eigenvalue weighted by molar-refractivity contribution is -0.149. The molecule has 29 heavy (non-hydrogen) atoms. The van der Waals surface area contributed by atoms with Crippen molar-refractivity contribution in [2.45, 2.75) is 19.0 Å². The average Bonchev–Trinajstić information content (AvgIpc) is 2.78. The van der Waals surface area contributed by atoms with Crippen LogP contribution in [-0.2, 0) is 27.3 Å². The molecule has 0 aliphatic carbocycles. The standard InChI is InChI=1S/C22H26N4O3/c1-29-22(28)19-14-17-6-2-3-7-18(17)15-26(19)16-21(27)25-12-10-24(11-13-25)20-8-4-5-9-23-20/h2-9,19H,10-16H2,1H3/t19-/m1/s1. The molecular weight excluding hydrogens is 368 g/mol. The second-order valence-corrected chi connectivity index (χ2v) is 7.47. The van der Waals surface area contributed by atoms with E-state index in [-0.39, 0.29) is 18.4 Å².